The van der Waals surface area contributed by atoms with Gasteiger partial charge in [-0.25, -0.2) is 0 Å². The molecule has 0 saturated heterocycles. The summed E-state index contributed by atoms with van der Waals surface area (Å²) in [7, 11) is 0. The molecule has 0 aliphatic rings. The number of rotatable bonds is 3. The summed E-state index contributed by atoms with van der Waals surface area (Å²) in [6, 6.07) is 1.80. The van der Waals surface area contributed by atoms with Crippen LogP contribution in [0.15, 0.2) is 16.8 Å². The maximum atomic E-state index is 5.01. The first-order valence-corrected chi connectivity index (χ1v) is 2.97. The third kappa shape index (κ3) is 1.92. The molecule has 3 nitrogen and oxygen atoms in total. The Hall–Kier alpha value is -1.27. The Morgan fingerprint density at radius 3 is 3.30 bits per heavy atom. The molecule has 0 amide bonds. The van der Waals surface area contributed by atoms with Gasteiger partial charge in [0.15, 0.2) is 0 Å². The minimum atomic E-state index is 0.556. The first-order chi connectivity index (χ1) is 4.93. The molecule has 3 heteroatoms. The minimum Gasteiger partial charge on any atom is -0.360 e. The van der Waals surface area contributed by atoms with Gasteiger partial charge in [0.2, 0.25) is 0 Å². The smallest absolute Gasteiger partial charge is 0.150 e. The zero-order chi connectivity index (χ0) is 7.23. The van der Waals surface area contributed by atoms with Gasteiger partial charge in [0, 0.05) is 6.07 Å². The van der Waals surface area contributed by atoms with Crippen molar-refractivity contribution in [3.05, 3.63) is 18.0 Å². The van der Waals surface area contributed by atoms with Crippen LogP contribution in [0.1, 0.15) is 5.76 Å². The van der Waals surface area contributed by atoms with Crippen LogP contribution < -0.4 is 5.32 Å². The van der Waals surface area contributed by atoms with Crippen LogP contribution in [0.4, 0.5) is 0 Å². The molecule has 1 aromatic heterocycles. The predicted molar refractivity (Wildman–Crippen MR) is 37.0 cm³/mol. The van der Waals surface area contributed by atoms with E-state index in [9.17, 15) is 0 Å². The fraction of sp³-hybridized carbons (Fsp3) is 0.286. The van der Waals surface area contributed by atoms with Crippen LogP contribution in [0.3, 0.4) is 0 Å². The van der Waals surface area contributed by atoms with Gasteiger partial charge in [0.25, 0.3) is 0 Å². The maximum absolute atomic E-state index is 5.01. The van der Waals surface area contributed by atoms with Crippen LogP contribution >= 0.6 is 0 Å². The average Bonchev–Trinajstić information content (AvgIpc) is 2.41. The monoisotopic (exact) mass is 136 g/mol. The van der Waals surface area contributed by atoms with Crippen molar-refractivity contribution < 1.29 is 4.52 Å². The molecular weight excluding hydrogens is 128 g/mol. The van der Waals surface area contributed by atoms with Crippen LogP contribution in [0.25, 0.3) is 0 Å². The number of terminal acetylenes is 1. The van der Waals surface area contributed by atoms with E-state index in [0.717, 1.165) is 5.76 Å². The highest BCUT2D eigenvalue weighted by Crippen LogP contribution is 1.93. The summed E-state index contributed by atoms with van der Waals surface area (Å²) < 4.78 is 4.80. The Bertz CT molecular complexity index is 210. The van der Waals surface area contributed by atoms with Crippen molar-refractivity contribution in [2.45, 2.75) is 6.54 Å². The lowest BCUT2D eigenvalue weighted by Gasteiger charge is -1.92. The predicted octanol–water partition coefficient (Wildman–Crippen LogP) is 0.397. The summed E-state index contributed by atoms with van der Waals surface area (Å²) in [5, 5.41) is 6.50. The van der Waals surface area contributed by atoms with E-state index in [1.807, 2.05) is 0 Å². The first kappa shape index (κ1) is 6.84. The highest BCUT2D eigenvalue weighted by molar-refractivity contribution is 4.94. The molecule has 0 unspecified atom stereocenters. The summed E-state index contributed by atoms with van der Waals surface area (Å²) in [6.45, 7) is 1.20. The van der Waals surface area contributed by atoms with Crippen molar-refractivity contribution in [2.75, 3.05) is 6.54 Å². The molecule has 0 bridgehead atoms. The van der Waals surface area contributed by atoms with E-state index < -0.39 is 0 Å². The molecule has 0 spiro atoms. The lowest BCUT2D eigenvalue weighted by molar-refractivity contribution is 0.375. The number of hydrogen-bond acceptors (Lipinski definition) is 3. The van der Waals surface area contributed by atoms with E-state index in [-0.39, 0.29) is 0 Å². The molecule has 0 aliphatic carbocycles. The van der Waals surface area contributed by atoms with Crippen molar-refractivity contribution >= 4 is 0 Å². The van der Waals surface area contributed by atoms with Gasteiger partial charge in [-0.2, -0.15) is 0 Å². The molecular formula is C7H8N2O. The van der Waals surface area contributed by atoms with Crippen LogP contribution in [0.2, 0.25) is 0 Å². The van der Waals surface area contributed by atoms with Crippen molar-refractivity contribution in [1.82, 2.24) is 10.5 Å². The third-order valence-corrected chi connectivity index (χ3v) is 1.02. The highest BCUT2D eigenvalue weighted by atomic mass is 16.5. The van der Waals surface area contributed by atoms with Gasteiger partial charge in [-0.3, -0.25) is 5.32 Å². The zero-order valence-electron chi connectivity index (χ0n) is 5.50. The fourth-order valence-corrected chi connectivity index (χ4v) is 0.591. The topological polar surface area (TPSA) is 38.1 Å². The zero-order valence-corrected chi connectivity index (χ0v) is 5.50. The second-order valence-electron chi connectivity index (χ2n) is 1.79. The quantitative estimate of drug-likeness (QED) is 0.482. The van der Waals surface area contributed by atoms with Crippen LogP contribution in [-0.2, 0) is 6.54 Å². The lowest BCUT2D eigenvalue weighted by Crippen LogP contribution is -2.12. The molecule has 1 heterocycles. The van der Waals surface area contributed by atoms with Gasteiger partial charge in [0.05, 0.1) is 19.3 Å². The summed E-state index contributed by atoms with van der Waals surface area (Å²) in [5.41, 5.74) is 0. The summed E-state index contributed by atoms with van der Waals surface area (Å²) in [5.74, 6) is 3.26. The third-order valence-electron chi connectivity index (χ3n) is 1.02. The SMILES string of the molecule is C#CCNCc1ccno1. The second kappa shape index (κ2) is 3.70. The number of nitrogens with zero attached hydrogens (tertiary/aromatic N) is 1. The Labute approximate surface area is 59.4 Å². The first-order valence-electron chi connectivity index (χ1n) is 2.97. The van der Waals surface area contributed by atoms with Crippen LogP contribution in [0.5, 0.6) is 0 Å². The van der Waals surface area contributed by atoms with Gasteiger partial charge < -0.3 is 4.52 Å². The summed E-state index contributed by atoms with van der Waals surface area (Å²) in [4.78, 5) is 0. The largest absolute Gasteiger partial charge is 0.360 e. The number of aromatic nitrogens is 1. The van der Waals surface area contributed by atoms with Crippen LogP contribution in [0, 0.1) is 12.3 Å². The van der Waals surface area contributed by atoms with Crippen molar-refractivity contribution in [2.24, 2.45) is 0 Å². The Morgan fingerprint density at radius 2 is 2.70 bits per heavy atom. The van der Waals surface area contributed by atoms with E-state index in [1.165, 1.54) is 0 Å². The molecule has 10 heavy (non-hydrogen) atoms. The lowest BCUT2D eigenvalue weighted by atomic mass is 10.4. The molecule has 0 aromatic carbocycles. The van der Waals surface area contributed by atoms with Crippen LogP contribution in [-0.4, -0.2) is 11.7 Å². The Balaban J connectivity index is 2.23. The van der Waals surface area contributed by atoms with E-state index in [1.54, 1.807) is 12.3 Å². The van der Waals surface area contributed by atoms with Crippen molar-refractivity contribution in [3.63, 3.8) is 0 Å². The number of hydrogen-bond donors (Lipinski definition) is 1. The minimum absolute atomic E-state index is 0.556. The number of nitrogens with one attached hydrogen (secondary N) is 1. The molecule has 1 aromatic rings. The molecule has 0 saturated carbocycles. The summed E-state index contributed by atoms with van der Waals surface area (Å²) in [6.07, 6.45) is 6.61. The molecule has 0 radical (unpaired) electrons. The Kier molecular flexibility index (Phi) is 2.53. The van der Waals surface area contributed by atoms with Gasteiger partial charge in [-0.15, -0.1) is 6.42 Å². The van der Waals surface area contributed by atoms with Crippen molar-refractivity contribution in [3.8, 4) is 12.3 Å². The van der Waals surface area contributed by atoms with Gasteiger partial charge in [-0.1, -0.05) is 11.1 Å². The normalized spacial score (nSPS) is 9.10. The average molecular weight is 136 g/mol. The van der Waals surface area contributed by atoms with E-state index >= 15 is 0 Å². The molecule has 0 aliphatic heterocycles. The molecule has 1 N–H and O–H groups in total. The van der Waals surface area contributed by atoms with E-state index in [4.69, 9.17) is 10.9 Å². The Morgan fingerprint density at radius 1 is 1.80 bits per heavy atom. The summed E-state index contributed by atoms with van der Waals surface area (Å²) >= 11 is 0. The highest BCUT2D eigenvalue weighted by Gasteiger charge is 1.92. The molecule has 0 atom stereocenters. The van der Waals surface area contributed by atoms with Gasteiger partial charge in [-0.05, 0) is 0 Å². The molecule has 1 rings (SSSR count). The second-order valence-corrected chi connectivity index (χ2v) is 1.79. The standard InChI is InChI=1S/C7H8N2O/c1-2-4-8-6-7-3-5-9-10-7/h1,3,5,8H,4,6H2. The maximum Gasteiger partial charge on any atom is 0.150 e. The molecule has 0 fully saturated rings. The van der Waals surface area contributed by atoms with E-state index in [0.29, 0.717) is 13.1 Å². The molecule has 52 valence electrons. The van der Waals surface area contributed by atoms with Gasteiger partial charge in [0.1, 0.15) is 5.76 Å². The fourth-order valence-electron chi connectivity index (χ4n) is 0.591. The van der Waals surface area contributed by atoms with E-state index in [2.05, 4.69) is 16.4 Å². The van der Waals surface area contributed by atoms with Crippen molar-refractivity contribution in [1.29, 1.82) is 0 Å². The van der Waals surface area contributed by atoms with Gasteiger partial charge >= 0.3 is 0 Å².